The molecule has 3 rings (SSSR count). The van der Waals surface area contributed by atoms with E-state index in [-0.39, 0.29) is 17.1 Å². The van der Waals surface area contributed by atoms with E-state index in [1.807, 2.05) is 32.0 Å². The van der Waals surface area contributed by atoms with Crippen LogP contribution >= 0.6 is 15.9 Å². The van der Waals surface area contributed by atoms with Crippen molar-refractivity contribution < 1.29 is 14.5 Å². The first kappa shape index (κ1) is 19.6. The van der Waals surface area contributed by atoms with Gasteiger partial charge in [0, 0.05) is 18.7 Å². The van der Waals surface area contributed by atoms with Crippen LogP contribution in [-0.2, 0) is 6.54 Å². The van der Waals surface area contributed by atoms with Gasteiger partial charge in [0.2, 0.25) is 0 Å². The number of para-hydroxylation sites is 1. The number of ether oxygens (including phenoxy) is 1. The lowest BCUT2D eigenvalue weighted by atomic mass is 10.2. The molecule has 9 heteroatoms. The second-order valence-electron chi connectivity index (χ2n) is 5.95. The highest BCUT2D eigenvalue weighted by molar-refractivity contribution is 9.10. The maximum Gasteiger partial charge on any atom is 0.275 e. The minimum Gasteiger partial charge on any atom is -0.457 e. The molecule has 1 heterocycles. The summed E-state index contributed by atoms with van der Waals surface area (Å²) in [5.41, 5.74) is 1.27. The van der Waals surface area contributed by atoms with Crippen LogP contribution in [0.3, 0.4) is 0 Å². The van der Waals surface area contributed by atoms with Crippen molar-refractivity contribution in [3.63, 3.8) is 0 Å². The fourth-order valence-corrected chi connectivity index (χ4v) is 3.11. The Labute approximate surface area is 169 Å². The van der Waals surface area contributed by atoms with E-state index in [9.17, 15) is 14.9 Å². The molecule has 1 aromatic heterocycles. The number of non-ortho nitro benzene ring substituents is 1. The number of nitrogens with one attached hydrogen (secondary N) is 1. The molecule has 0 bridgehead atoms. The van der Waals surface area contributed by atoms with Gasteiger partial charge < -0.3 is 10.1 Å². The first-order chi connectivity index (χ1) is 13.4. The maximum absolute atomic E-state index is 12.7. The van der Waals surface area contributed by atoms with Crippen LogP contribution in [0.15, 0.2) is 53.1 Å². The predicted octanol–water partition coefficient (Wildman–Crippen LogP) is 4.93. The third-order valence-electron chi connectivity index (χ3n) is 3.99. The number of hydrogen-bond acceptors (Lipinski definition) is 5. The summed E-state index contributed by atoms with van der Waals surface area (Å²) in [7, 11) is 0. The number of amides is 1. The van der Waals surface area contributed by atoms with E-state index >= 15 is 0 Å². The summed E-state index contributed by atoms with van der Waals surface area (Å²) in [5.74, 6) is 0.391. The van der Waals surface area contributed by atoms with E-state index in [1.54, 1.807) is 6.07 Å². The third-order valence-corrected chi connectivity index (χ3v) is 4.57. The standard InChI is InChI=1S/C19H17BrN4O4/c1-3-23-18(16(20)11-21-23)19(25)22-13-8-14(24(26)27)10-15(9-13)28-17-7-5-4-6-12(17)2/h4-11H,3H2,1-2H3,(H,22,25). The summed E-state index contributed by atoms with van der Waals surface area (Å²) < 4.78 is 7.86. The van der Waals surface area contributed by atoms with Crippen LogP contribution in [0.25, 0.3) is 0 Å². The van der Waals surface area contributed by atoms with Crippen LogP contribution < -0.4 is 10.1 Å². The first-order valence-electron chi connectivity index (χ1n) is 8.44. The number of nitrogens with zero attached hydrogens (tertiary/aromatic N) is 3. The van der Waals surface area contributed by atoms with Crippen molar-refractivity contribution in [3.8, 4) is 11.5 Å². The Hall–Kier alpha value is -3.20. The maximum atomic E-state index is 12.7. The summed E-state index contributed by atoms with van der Waals surface area (Å²) in [5, 5.41) is 18.1. The summed E-state index contributed by atoms with van der Waals surface area (Å²) in [4.78, 5) is 23.4. The Morgan fingerprint density at radius 2 is 2.07 bits per heavy atom. The first-order valence-corrected chi connectivity index (χ1v) is 9.24. The number of anilines is 1. The fourth-order valence-electron chi connectivity index (χ4n) is 2.64. The largest absolute Gasteiger partial charge is 0.457 e. The molecule has 28 heavy (non-hydrogen) atoms. The van der Waals surface area contributed by atoms with E-state index < -0.39 is 10.8 Å². The number of carbonyl (C=O) groups is 1. The minimum absolute atomic E-state index is 0.190. The van der Waals surface area contributed by atoms with Gasteiger partial charge in [-0.25, -0.2) is 0 Å². The molecule has 0 unspecified atom stereocenters. The van der Waals surface area contributed by atoms with E-state index in [0.717, 1.165) is 5.56 Å². The zero-order valence-corrected chi connectivity index (χ0v) is 16.8. The van der Waals surface area contributed by atoms with Gasteiger partial charge >= 0.3 is 0 Å². The fraction of sp³-hybridized carbons (Fsp3) is 0.158. The normalized spacial score (nSPS) is 10.5. The number of carbonyl (C=O) groups excluding carboxylic acids is 1. The Morgan fingerprint density at radius 1 is 1.32 bits per heavy atom. The van der Waals surface area contributed by atoms with Gasteiger partial charge in [-0.3, -0.25) is 19.6 Å². The monoisotopic (exact) mass is 444 g/mol. The Bertz CT molecular complexity index is 1050. The van der Waals surface area contributed by atoms with Crippen molar-refractivity contribution in [2.45, 2.75) is 20.4 Å². The average molecular weight is 445 g/mol. The van der Waals surface area contributed by atoms with E-state index in [4.69, 9.17) is 4.74 Å². The number of benzene rings is 2. The molecule has 0 aliphatic rings. The summed E-state index contributed by atoms with van der Waals surface area (Å²) >= 11 is 3.30. The van der Waals surface area contributed by atoms with E-state index in [2.05, 4.69) is 26.3 Å². The highest BCUT2D eigenvalue weighted by Gasteiger charge is 2.19. The zero-order valence-electron chi connectivity index (χ0n) is 15.2. The highest BCUT2D eigenvalue weighted by atomic mass is 79.9. The number of halogens is 1. The van der Waals surface area contributed by atoms with Crippen LogP contribution in [0, 0.1) is 17.0 Å². The summed E-state index contributed by atoms with van der Waals surface area (Å²) in [6.07, 6.45) is 1.53. The van der Waals surface area contributed by atoms with Crippen molar-refractivity contribution in [2.75, 3.05) is 5.32 Å². The molecular weight excluding hydrogens is 428 g/mol. The molecule has 0 saturated heterocycles. The molecule has 0 saturated carbocycles. The van der Waals surface area contributed by atoms with Crippen molar-refractivity contribution >= 4 is 33.2 Å². The van der Waals surface area contributed by atoms with Gasteiger partial charge in [-0.05, 0) is 41.4 Å². The second-order valence-corrected chi connectivity index (χ2v) is 6.81. The lowest BCUT2D eigenvalue weighted by Gasteiger charge is -2.11. The van der Waals surface area contributed by atoms with Gasteiger partial charge in [0.15, 0.2) is 0 Å². The van der Waals surface area contributed by atoms with Crippen LogP contribution in [0.4, 0.5) is 11.4 Å². The second kappa shape index (κ2) is 8.22. The van der Waals surface area contributed by atoms with Crippen LogP contribution in [0.2, 0.25) is 0 Å². The summed E-state index contributed by atoms with van der Waals surface area (Å²) in [6, 6.07) is 11.5. The van der Waals surface area contributed by atoms with Gasteiger partial charge in [-0.1, -0.05) is 18.2 Å². The van der Waals surface area contributed by atoms with E-state index in [0.29, 0.717) is 22.5 Å². The molecule has 0 atom stereocenters. The molecule has 144 valence electrons. The van der Waals surface area contributed by atoms with Gasteiger partial charge in [0.1, 0.15) is 17.2 Å². The molecule has 2 aromatic carbocycles. The smallest absolute Gasteiger partial charge is 0.275 e. The van der Waals surface area contributed by atoms with Gasteiger partial charge in [-0.15, -0.1) is 0 Å². The molecule has 0 aliphatic carbocycles. The third kappa shape index (κ3) is 4.20. The lowest BCUT2D eigenvalue weighted by molar-refractivity contribution is -0.384. The summed E-state index contributed by atoms with van der Waals surface area (Å²) in [6.45, 7) is 4.24. The minimum atomic E-state index is -0.535. The number of nitro groups is 1. The SMILES string of the molecule is CCn1ncc(Br)c1C(=O)Nc1cc(Oc2ccccc2C)cc([N+](=O)[O-])c1. The Morgan fingerprint density at radius 3 is 2.75 bits per heavy atom. The zero-order chi connectivity index (χ0) is 20.3. The molecule has 0 spiro atoms. The van der Waals surface area contributed by atoms with Gasteiger partial charge in [0.05, 0.1) is 27.3 Å². The number of aryl methyl sites for hydroxylation is 2. The Kier molecular flexibility index (Phi) is 5.74. The highest BCUT2D eigenvalue weighted by Crippen LogP contribution is 2.31. The van der Waals surface area contributed by atoms with Gasteiger partial charge in [-0.2, -0.15) is 5.10 Å². The molecule has 3 aromatic rings. The Balaban J connectivity index is 1.93. The molecule has 8 nitrogen and oxygen atoms in total. The van der Waals surface area contributed by atoms with Crippen molar-refractivity contribution in [2.24, 2.45) is 0 Å². The number of aromatic nitrogens is 2. The lowest BCUT2D eigenvalue weighted by Crippen LogP contribution is -2.18. The molecule has 1 N–H and O–H groups in total. The van der Waals surface area contributed by atoms with Crippen molar-refractivity contribution in [1.82, 2.24) is 9.78 Å². The van der Waals surface area contributed by atoms with Crippen LogP contribution in [0.5, 0.6) is 11.5 Å². The topological polar surface area (TPSA) is 99.3 Å². The molecule has 0 fully saturated rings. The van der Waals surface area contributed by atoms with Gasteiger partial charge in [0.25, 0.3) is 11.6 Å². The van der Waals surface area contributed by atoms with Crippen LogP contribution in [-0.4, -0.2) is 20.6 Å². The van der Waals surface area contributed by atoms with Crippen LogP contribution in [0.1, 0.15) is 23.0 Å². The number of rotatable bonds is 6. The average Bonchev–Trinajstić information content (AvgIpc) is 3.04. The number of nitro benzene ring substituents is 1. The molecule has 0 radical (unpaired) electrons. The van der Waals surface area contributed by atoms with E-state index in [1.165, 1.54) is 29.1 Å². The molecule has 1 amide bonds. The quantitative estimate of drug-likeness (QED) is 0.429. The van der Waals surface area contributed by atoms with Crippen molar-refractivity contribution in [3.05, 3.63) is 74.5 Å². The van der Waals surface area contributed by atoms with Crippen molar-refractivity contribution in [1.29, 1.82) is 0 Å². The molecule has 0 aliphatic heterocycles. The molecular formula is C19H17BrN4O4. The number of hydrogen-bond donors (Lipinski definition) is 1. The predicted molar refractivity (Wildman–Crippen MR) is 108 cm³/mol.